The lowest BCUT2D eigenvalue weighted by atomic mass is 10.2. The van der Waals surface area contributed by atoms with E-state index in [1.54, 1.807) is 36.4 Å². The number of sulfonamides is 1. The SMILES string of the molecule is O=C(O)C=Cc1ccc(Br)cc1S(=O)(=O)Nc1ccccc1. The van der Waals surface area contributed by atoms with Crippen molar-refractivity contribution in [2.24, 2.45) is 0 Å². The Morgan fingerprint density at radius 2 is 1.82 bits per heavy atom. The van der Waals surface area contributed by atoms with Gasteiger partial charge in [0.25, 0.3) is 10.0 Å². The number of hydrogen-bond acceptors (Lipinski definition) is 3. The van der Waals surface area contributed by atoms with Crippen molar-refractivity contribution in [1.82, 2.24) is 0 Å². The van der Waals surface area contributed by atoms with E-state index in [2.05, 4.69) is 20.7 Å². The molecule has 0 aliphatic heterocycles. The van der Waals surface area contributed by atoms with Gasteiger partial charge in [-0.25, -0.2) is 13.2 Å². The number of carbonyl (C=O) groups is 1. The standard InChI is InChI=1S/C15H12BrNO4S/c16-12-8-6-11(7-9-15(18)19)14(10-12)22(20,21)17-13-4-2-1-3-5-13/h1-10,17H,(H,18,19). The smallest absolute Gasteiger partial charge is 0.328 e. The molecule has 0 saturated carbocycles. The average Bonchev–Trinajstić information content (AvgIpc) is 2.46. The van der Waals surface area contributed by atoms with Gasteiger partial charge in [-0.2, -0.15) is 0 Å². The minimum absolute atomic E-state index is 0.0109. The lowest BCUT2D eigenvalue weighted by Crippen LogP contribution is -2.14. The minimum atomic E-state index is -3.84. The van der Waals surface area contributed by atoms with Gasteiger partial charge in [-0.3, -0.25) is 4.72 Å². The Bertz CT molecular complexity index is 817. The predicted molar refractivity (Wildman–Crippen MR) is 88.1 cm³/mol. The molecule has 2 rings (SSSR count). The van der Waals surface area contributed by atoms with Crippen LogP contribution < -0.4 is 4.72 Å². The van der Waals surface area contributed by atoms with Crippen LogP contribution in [0, 0.1) is 0 Å². The molecule has 0 bridgehead atoms. The van der Waals surface area contributed by atoms with Crippen LogP contribution in [0.15, 0.2) is 64.0 Å². The molecule has 7 heteroatoms. The third-order valence-electron chi connectivity index (χ3n) is 2.70. The highest BCUT2D eigenvalue weighted by Crippen LogP contribution is 2.24. The molecule has 22 heavy (non-hydrogen) atoms. The molecule has 2 N–H and O–H groups in total. The van der Waals surface area contributed by atoms with Gasteiger partial charge in [-0.05, 0) is 35.9 Å². The van der Waals surface area contributed by atoms with Crippen LogP contribution in [0.1, 0.15) is 5.56 Å². The van der Waals surface area contributed by atoms with Gasteiger partial charge < -0.3 is 5.11 Å². The summed E-state index contributed by atoms with van der Waals surface area (Å²) in [6.07, 6.45) is 2.14. The van der Waals surface area contributed by atoms with Crippen molar-refractivity contribution in [2.45, 2.75) is 4.90 Å². The number of hydrogen-bond donors (Lipinski definition) is 2. The van der Waals surface area contributed by atoms with Gasteiger partial charge in [0.15, 0.2) is 0 Å². The molecule has 0 fully saturated rings. The van der Waals surface area contributed by atoms with E-state index in [-0.39, 0.29) is 10.5 Å². The summed E-state index contributed by atoms with van der Waals surface area (Å²) in [7, 11) is -3.84. The summed E-state index contributed by atoms with van der Waals surface area (Å²) in [5.41, 5.74) is 0.713. The van der Waals surface area contributed by atoms with Crippen LogP contribution in [0.4, 0.5) is 5.69 Å². The Morgan fingerprint density at radius 3 is 2.45 bits per heavy atom. The average molecular weight is 382 g/mol. The zero-order valence-electron chi connectivity index (χ0n) is 11.2. The van der Waals surface area contributed by atoms with Crippen molar-refractivity contribution < 1.29 is 18.3 Å². The molecule has 0 heterocycles. The molecule has 0 saturated heterocycles. The molecule has 0 radical (unpaired) electrons. The van der Waals surface area contributed by atoms with E-state index in [1.165, 1.54) is 18.2 Å². The summed E-state index contributed by atoms with van der Waals surface area (Å²) in [6, 6.07) is 13.1. The number of anilines is 1. The van der Waals surface area contributed by atoms with Crippen LogP contribution in [0.25, 0.3) is 6.08 Å². The van der Waals surface area contributed by atoms with Crippen molar-refractivity contribution in [3.8, 4) is 0 Å². The Balaban J connectivity index is 2.45. The zero-order valence-corrected chi connectivity index (χ0v) is 13.6. The van der Waals surface area contributed by atoms with Crippen LogP contribution in [0.3, 0.4) is 0 Å². The fourth-order valence-corrected chi connectivity index (χ4v) is 3.55. The molecular weight excluding hydrogens is 370 g/mol. The van der Waals surface area contributed by atoms with E-state index in [9.17, 15) is 13.2 Å². The van der Waals surface area contributed by atoms with E-state index >= 15 is 0 Å². The van der Waals surface area contributed by atoms with Gasteiger partial charge in [0, 0.05) is 16.2 Å². The highest BCUT2D eigenvalue weighted by molar-refractivity contribution is 9.10. The second-order valence-corrected chi connectivity index (χ2v) is 6.89. The number of carboxylic acids is 1. The van der Waals surface area contributed by atoms with Crippen molar-refractivity contribution in [1.29, 1.82) is 0 Å². The molecule has 114 valence electrons. The summed E-state index contributed by atoms with van der Waals surface area (Å²) >= 11 is 3.22. The Hall–Kier alpha value is -2.12. The van der Waals surface area contributed by atoms with Gasteiger partial charge in [-0.1, -0.05) is 40.2 Å². The molecule has 2 aromatic rings. The molecule has 5 nitrogen and oxygen atoms in total. The zero-order chi connectivity index (χ0) is 16.2. The molecular formula is C15H12BrNO4S. The molecule has 0 unspecified atom stereocenters. The molecule has 0 aliphatic rings. The predicted octanol–water partition coefficient (Wildman–Crippen LogP) is 3.35. The highest BCUT2D eigenvalue weighted by Gasteiger charge is 2.18. The third-order valence-corrected chi connectivity index (χ3v) is 4.63. The van der Waals surface area contributed by atoms with E-state index in [4.69, 9.17) is 5.11 Å². The number of nitrogens with one attached hydrogen (secondary N) is 1. The number of benzene rings is 2. The van der Waals surface area contributed by atoms with E-state index in [0.29, 0.717) is 10.2 Å². The van der Waals surface area contributed by atoms with Crippen LogP contribution in [0.5, 0.6) is 0 Å². The van der Waals surface area contributed by atoms with Crippen molar-refractivity contribution in [3.05, 3.63) is 64.6 Å². The quantitative estimate of drug-likeness (QED) is 0.777. The number of carboxylic acid groups (broad SMARTS) is 1. The largest absolute Gasteiger partial charge is 0.478 e. The van der Waals surface area contributed by atoms with Crippen molar-refractivity contribution >= 4 is 43.7 Å². The maximum Gasteiger partial charge on any atom is 0.328 e. The first-order valence-electron chi connectivity index (χ1n) is 6.17. The Kier molecular flexibility index (Phi) is 4.99. The van der Waals surface area contributed by atoms with Crippen molar-refractivity contribution in [3.63, 3.8) is 0 Å². The minimum Gasteiger partial charge on any atom is -0.478 e. The van der Waals surface area contributed by atoms with E-state index in [1.807, 2.05) is 0 Å². The third kappa shape index (κ3) is 4.19. The lowest BCUT2D eigenvalue weighted by Gasteiger charge is -2.11. The van der Waals surface area contributed by atoms with Gasteiger partial charge >= 0.3 is 5.97 Å². The van der Waals surface area contributed by atoms with Gasteiger partial charge in [0.05, 0.1) is 4.90 Å². The number of para-hydroxylation sites is 1. The Labute approximate surface area is 136 Å². The number of rotatable bonds is 5. The summed E-state index contributed by atoms with van der Waals surface area (Å²) in [4.78, 5) is 10.6. The summed E-state index contributed by atoms with van der Waals surface area (Å²) < 4.78 is 28.0. The molecule has 0 aliphatic carbocycles. The fraction of sp³-hybridized carbons (Fsp3) is 0. The van der Waals surface area contributed by atoms with Crippen LogP contribution in [-0.4, -0.2) is 19.5 Å². The molecule has 0 spiro atoms. The van der Waals surface area contributed by atoms with Gasteiger partial charge in [-0.15, -0.1) is 0 Å². The highest BCUT2D eigenvalue weighted by atomic mass is 79.9. The molecule has 2 aromatic carbocycles. The molecule has 0 atom stereocenters. The van der Waals surface area contributed by atoms with Crippen LogP contribution >= 0.6 is 15.9 Å². The summed E-state index contributed by atoms with van der Waals surface area (Å²) in [5.74, 6) is -1.15. The molecule has 0 aromatic heterocycles. The maximum atomic E-state index is 12.5. The summed E-state index contributed by atoms with van der Waals surface area (Å²) in [5, 5.41) is 8.70. The first kappa shape index (κ1) is 16.3. The van der Waals surface area contributed by atoms with Crippen LogP contribution in [-0.2, 0) is 14.8 Å². The van der Waals surface area contributed by atoms with Gasteiger partial charge in [0.2, 0.25) is 0 Å². The second kappa shape index (κ2) is 6.76. The normalized spacial score (nSPS) is 11.5. The van der Waals surface area contributed by atoms with Crippen molar-refractivity contribution in [2.75, 3.05) is 4.72 Å². The number of halogens is 1. The van der Waals surface area contributed by atoms with E-state index < -0.39 is 16.0 Å². The second-order valence-electron chi connectivity index (χ2n) is 4.33. The monoisotopic (exact) mass is 381 g/mol. The topological polar surface area (TPSA) is 83.5 Å². The first-order chi connectivity index (χ1) is 10.4. The Morgan fingerprint density at radius 1 is 1.14 bits per heavy atom. The number of aliphatic carboxylic acids is 1. The van der Waals surface area contributed by atoms with Crippen LogP contribution in [0.2, 0.25) is 0 Å². The first-order valence-corrected chi connectivity index (χ1v) is 8.44. The van der Waals surface area contributed by atoms with Gasteiger partial charge in [0.1, 0.15) is 0 Å². The summed E-state index contributed by atoms with van der Waals surface area (Å²) in [6.45, 7) is 0. The fourth-order valence-electron chi connectivity index (χ4n) is 1.76. The maximum absolute atomic E-state index is 12.5. The lowest BCUT2D eigenvalue weighted by molar-refractivity contribution is -0.131. The molecule has 0 amide bonds. The van der Waals surface area contributed by atoms with E-state index in [0.717, 1.165) is 6.08 Å².